The van der Waals surface area contributed by atoms with Crippen LogP contribution < -0.4 is 10.6 Å². The van der Waals surface area contributed by atoms with Crippen LogP contribution in [-0.4, -0.2) is 18.4 Å². The van der Waals surface area contributed by atoms with Crippen molar-refractivity contribution in [3.05, 3.63) is 66.1 Å². The molecular weight excluding hydrogens is 379 g/mol. The number of nitrogens with zero attached hydrogens (tertiary/aromatic N) is 2. The van der Waals surface area contributed by atoms with Gasteiger partial charge in [-0.25, -0.2) is 17.8 Å². The highest BCUT2D eigenvalue weighted by Gasteiger charge is 2.15. The zero-order valence-corrected chi connectivity index (χ0v) is 15.1. The van der Waals surface area contributed by atoms with Gasteiger partial charge in [0.25, 0.3) is 9.05 Å². The first kappa shape index (κ1) is 18.1. The standard InChI is InChI=1S/C17H14ClFN4O2S/c1-11-10-12(6-7-13(11)19)21-16-8-9-20-17(23-16)22-14-4-2-3-5-15(14)26(18,24)25/h2-10H,1H3,(H2,20,21,22,23). The third kappa shape index (κ3) is 4.27. The molecule has 0 saturated carbocycles. The van der Waals surface area contributed by atoms with Gasteiger partial charge in [0.2, 0.25) is 5.95 Å². The number of rotatable bonds is 5. The first-order chi connectivity index (χ1) is 12.3. The maximum absolute atomic E-state index is 13.4. The second-order valence-electron chi connectivity index (χ2n) is 5.41. The molecular formula is C17H14ClFN4O2S. The number of hydrogen-bond acceptors (Lipinski definition) is 6. The number of nitrogens with one attached hydrogen (secondary N) is 2. The maximum atomic E-state index is 13.4. The summed E-state index contributed by atoms with van der Waals surface area (Å²) in [4.78, 5) is 8.27. The SMILES string of the molecule is Cc1cc(Nc2ccnc(Nc3ccccc3S(=O)(=O)Cl)n2)ccc1F. The van der Waals surface area contributed by atoms with Crippen molar-refractivity contribution >= 4 is 42.9 Å². The average Bonchev–Trinajstić information content (AvgIpc) is 2.58. The van der Waals surface area contributed by atoms with Crippen LogP contribution in [0.1, 0.15) is 5.56 Å². The minimum absolute atomic E-state index is 0.0715. The second kappa shape index (κ2) is 7.27. The Hall–Kier alpha value is -2.71. The molecule has 0 unspecified atom stereocenters. The van der Waals surface area contributed by atoms with Crippen molar-refractivity contribution in [2.24, 2.45) is 0 Å². The van der Waals surface area contributed by atoms with E-state index in [0.29, 0.717) is 17.1 Å². The zero-order chi connectivity index (χ0) is 18.7. The van der Waals surface area contributed by atoms with Crippen molar-refractivity contribution in [3.8, 4) is 0 Å². The van der Waals surface area contributed by atoms with E-state index in [4.69, 9.17) is 10.7 Å². The van der Waals surface area contributed by atoms with Crippen molar-refractivity contribution in [1.29, 1.82) is 0 Å². The molecule has 0 aliphatic carbocycles. The quantitative estimate of drug-likeness (QED) is 0.628. The number of halogens is 2. The van der Waals surface area contributed by atoms with E-state index in [1.807, 2.05) is 0 Å². The summed E-state index contributed by atoms with van der Waals surface area (Å²) in [6, 6.07) is 12.4. The molecule has 0 spiro atoms. The number of aromatic nitrogens is 2. The van der Waals surface area contributed by atoms with Gasteiger partial charge in [0, 0.05) is 22.6 Å². The molecule has 0 atom stereocenters. The molecule has 3 rings (SSSR count). The van der Waals surface area contributed by atoms with Crippen molar-refractivity contribution in [3.63, 3.8) is 0 Å². The van der Waals surface area contributed by atoms with Crippen LogP contribution in [0.5, 0.6) is 0 Å². The number of anilines is 4. The Labute approximate surface area is 154 Å². The molecule has 0 aliphatic heterocycles. The van der Waals surface area contributed by atoms with Gasteiger partial charge in [-0.1, -0.05) is 12.1 Å². The van der Waals surface area contributed by atoms with Gasteiger partial charge in [0.1, 0.15) is 16.5 Å². The van der Waals surface area contributed by atoms with Crippen LogP contribution in [0, 0.1) is 12.7 Å². The molecule has 2 aromatic carbocycles. The fourth-order valence-corrected chi connectivity index (χ4v) is 3.29. The smallest absolute Gasteiger partial charge is 0.263 e. The summed E-state index contributed by atoms with van der Waals surface area (Å²) in [5.74, 6) is 0.348. The lowest BCUT2D eigenvalue weighted by molar-refractivity contribution is 0.610. The maximum Gasteiger partial charge on any atom is 0.263 e. The topological polar surface area (TPSA) is 84.0 Å². The van der Waals surface area contributed by atoms with Gasteiger partial charge in [0.15, 0.2) is 0 Å². The van der Waals surface area contributed by atoms with E-state index in [1.165, 1.54) is 18.3 Å². The molecule has 0 saturated heterocycles. The lowest BCUT2D eigenvalue weighted by Gasteiger charge is -2.11. The fourth-order valence-electron chi connectivity index (χ4n) is 2.26. The Morgan fingerprint density at radius 3 is 2.58 bits per heavy atom. The first-order valence-corrected chi connectivity index (χ1v) is 9.81. The zero-order valence-electron chi connectivity index (χ0n) is 13.6. The third-order valence-electron chi connectivity index (χ3n) is 3.48. The second-order valence-corrected chi connectivity index (χ2v) is 7.95. The molecule has 0 fully saturated rings. The van der Waals surface area contributed by atoms with Crippen LogP contribution in [0.25, 0.3) is 0 Å². The van der Waals surface area contributed by atoms with Gasteiger partial charge < -0.3 is 10.6 Å². The van der Waals surface area contributed by atoms with Crippen LogP contribution in [0.15, 0.2) is 59.6 Å². The van der Waals surface area contributed by atoms with E-state index in [-0.39, 0.29) is 22.3 Å². The van der Waals surface area contributed by atoms with Crippen LogP contribution in [0.3, 0.4) is 0 Å². The molecule has 6 nitrogen and oxygen atoms in total. The molecule has 26 heavy (non-hydrogen) atoms. The number of hydrogen-bond donors (Lipinski definition) is 2. The molecule has 1 heterocycles. The Bertz CT molecular complexity index is 1060. The highest BCUT2D eigenvalue weighted by Crippen LogP contribution is 2.26. The lowest BCUT2D eigenvalue weighted by Crippen LogP contribution is -2.03. The molecule has 9 heteroatoms. The predicted molar refractivity (Wildman–Crippen MR) is 99.2 cm³/mol. The minimum atomic E-state index is -3.92. The summed E-state index contributed by atoms with van der Waals surface area (Å²) in [7, 11) is 1.53. The van der Waals surface area contributed by atoms with Crippen molar-refractivity contribution in [1.82, 2.24) is 9.97 Å². The normalized spacial score (nSPS) is 11.2. The summed E-state index contributed by atoms with van der Waals surface area (Å²) in [5.41, 5.74) is 1.43. The highest BCUT2D eigenvalue weighted by atomic mass is 35.7. The van der Waals surface area contributed by atoms with Crippen LogP contribution in [0.2, 0.25) is 0 Å². The molecule has 0 radical (unpaired) electrons. The highest BCUT2D eigenvalue weighted by molar-refractivity contribution is 8.13. The number of benzene rings is 2. The molecule has 3 aromatic rings. The Morgan fingerprint density at radius 1 is 1.08 bits per heavy atom. The molecule has 1 aromatic heterocycles. The van der Waals surface area contributed by atoms with Gasteiger partial charge in [-0.15, -0.1) is 0 Å². The van der Waals surface area contributed by atoms with E-state index in [2.05, 4.69) is 20.6 Å². The van der Waals surface area contributed by atoms with E-state index in [1.54, 1.807) is 43.3 Å². The molecule has 0 amide bonds. The molecule has 0 bridgehead atoms. The van der Waals surface area contributed by atoms with E-state index in [0.717, 1.165) is 0 Å². The van der Waals surface area contributed by atoms with Crippen LogP contribution in [0.4, 0.5) is 27.5 Å². The Kier molecular flexibility index (Phi) is 5.06. The summed E-state index contributed by atoms with van der Waals surface area (Å²) in [6.45, 7) is 1.66. The van der Waals surface area contributed by atoms with Gasteiger partial charge in [-0.2, -0.15) is 4.98 Å². The Balaban J connectivity index is 1.85. The van der Waals surface area contributed by atoms with Gasteiger partial charge >= 0.3 is 0 Å². The van der Waals surface area contributed by atoms with E-state index < -0.39 is 9.05 Å². The fraction of sp³-hybridized carbons (Fsp3) is 0.0588. The van der Waals surface area contributed by atoms with Crippen molar-refractivity contribution in [2.75, 3.05) is 10.6 Å². The monoisotopic (exact) mass is 392 g/mol. The first-order valence-electron chi connectivity index (χ1n) is 7.50. The van der Waals surface area contributed by atoms with Crippen LogP contribution >= 0.6 is 10.7 Å². The largest absolute Gasteiger partial charge is 0.340 e. The van der Waals surface area contributed by atoms with Crippen molar-refractivity contribution in [2.45, 2.75) is 11.8 Å². The number of aryl methyl sites for hydroxylation is 1. The van der Waals surface area contributed by atoms with E-state index in [9.17, 15) is 12.8 Å². The van der Waals surface area contributed by atoms with Gasteiger partial charge in [-0.3, -0.25) is 0 Å². The Morgan fingerprint density at radius 2 is 1.85 bits per heavy atom. The summed E-state index contributed by atoms with van der Waals surface area (Å²) >= 11 is 0. The summed E-state index contributed by atoms with van der Waals surface area (Å²) in [6.07, 6.45) is 1.51. The van der Waals surface area contributed by atoms with Gasteiger partial charge in [-0.05, 0) is 48.9 Å². The third-order valence-corrected chi connectivity index (χ3v) is 4.86. The van der Waals surface area contributed by atoms with Gasteiger partial charge in [0.05, 0.1) is 5.69 Å². The van der Waals surface area contributed by atoms with Crippen LogP contribution in [-0.2, 0) is 9.05 Å². The van der Waals surface area contributed by atoms with E-state index >= 15 is 0 Å². The average molecular weight is 393 g/mol. The predicted octanol–water partition coefficient (Wildman–Crippen LogP) is 4.34. The lowest BCUT2D eigenvalue weighted by atomic mass is 10.2. The molecule has 134 valence electrons. The molecule has 2 N–H and O–H groups in total. The summed E-state index contributed by atoms with van der Waals surface area (Å²) < 4.78 is 36.7. The minimum Gasteiger partial charge on any atom is -0.340 e. The number of para-hydroxylation sites is 1. The molecule has 0 aliphatic rings. The van der Waals surface area contributed by atoms with Crippen molar-refractivity contribution < 1.29 is 12.8 Å². The summed E-state index contributed by atoms with van der Waals surface area (Å²) in [5, 5.41) is 5.88.